The second-order valence-corrected chi connectivity index (χ2v) is 11.4. The number of nitrogens with zero attached hydrogens (tertiary/aromatic N) is 1. The first-order valence-electron chi connectivity index (χ1n) is 14.9. The topological polar surface area (TPSA) is 61.6 Å². The van der Waals surface area contributed by atoms with Crippen LogP contribution in [0.1, 0.15) is 55.5 Å². The lowest BCUT2D eigenvalue weighted by atomic mass is 9.90. The Hall–Kier alpha value is -4.90. The number of hydrogen-bond donors (Lipinski definition) is 0. The Bertz CT molecular complexity index is 1750. The number of ether oxygens (including phenoxy) is 2. The molecule has 4 aromatic rings. The molecule has 0 radical (unpaired) electrons. The molecule has 0 saturated carbocycles. The predicted molar refractivity (Wildman–Crippen MR) is 167 cm³/mol. The third kappa shape index (κ3) is 5.27. The van der Waals surface area contributed by atoms with Gasteiger partial charge in [0.1, 0.15) is 11.5 Å². The monoisotopic (exact) mass is 569 g/mol. The lowest BCUT2D eigenvalue weighted by Crippen LogP contribution is -2.36. The molecule has 0 saturated heterocycles. The minimum absolute atomic E-state index is 0.189. The highest BCUT2D eigenvalue weighted by molar-refractivity contribution is 6.14. The minimum atomic E-state index is -0.562. The summed E-state index contributed by atoms with van der Waals surface area (Å²) in [4.78, 5) is 14.4. The molecule has 0 fully saturated rings. The second-order valence-electron chi connectivity index (χ2n) is 11.4. The second kappa shape index (κ2) is 11.8. The molecule has 0 bridgehead atoms. The van der Waals surface area contributed by atoms with E-state index in [4.69, 9.17) is 9.47 Å². The average molecular weight is 570 g/mol. The van der Waals surface area contributed by atoms with Crippen LogP contribution in [0, 0.1) is 0 Å². The number of carbonyl (C=O) groups is 1. The average Bonchev–Trinajstić information content (AvgIpc) is 3.33. The van der Waals surface area contributed by atoms with E-state index in [9.17, 15) is 9.90 Å². The van der Waals surface area contributed by atoms with Gasteiger partial charge in [0.2, 0.25) is 11.4 Å². The largest absolute Gasteiger partial charge is 0.606 e. The van der Waals surface area contributed by atoms with Crippen molar-refractivity contribution in [1.82, 2.24) is 0 Å². The van der Waals surface area contributed by atoms with Crippen molar-refractivity contribution in [3.63, 3.8) is 0 Å². The lowest BCUT2D eigenvalue weighted by Gasteiger charge is -2.26. The highest BCUT2D eigenvalue weighted by Gasteiger charge is 2.40. The van der Waals surface area contributed by atoms with Crippen molar-refractivity contribution >= 4 is 17.3 Å². The molecule has 0 N–H and O–H groups in total. The van der Waals surface area contributed by atoms with Crippen LogP contribution in [-0.4, -0.2) is 35.0 Å². The zero-order valence-electron chi connectivity index (χ0n) is 25.0. The van der Waals surface area contributed by atoms with Crippen molar-refractivity contribution in [2.45, 2.75) is 46.3 Å². The van der Waals surface area contributed by atoms with Gasteiger partial charge in [-0.2, -0.15) is 4.58 Å². The Morgan fingerprint density at radius 2 is 1.19 bits per heavy atom. The number of hydrogen-bond acceptors (Lipinski definition) is 4. The first-order valence-corrected chi connectivity index (χ1v) is 14.9. The zero-order valence-corrected chi connectivity index (χ0v) is 25.0. The number of fused-ring (bicyclic) bond motifs is 4. The van der Waals surface area contributed by atoms with Gasteiger partial charge >= 0.3 is 5.97 Å². The third-order valence-corrected chi connectivity index (χ3v) is 7.72. The summed E-state index contributed by atoms with van der Waals surface area (Å²) in [5.74, 6) is -1.12. The number of benzene rings is 4. The maximum absolute atomic E-state index is 14.4. The van der Waals surface area contributed by atoms with Crippen LogP contribution in [0.5, 0.6) is 0 Å². The van der Waals surface area contributed by atoms with E-state index >= 15 is 0 Å². The summed E-state index contributed by atoms with van der Waals surface area (Å²) in [5.41, 5.74) is 8.87. The molecule has 1 aliphatic carbocycles. The van der Waals surface area contributed by atoms with Crippen LogP contribution in [0.2, 0.25) is 0 Å². The number of esters is 1. The van der Waals surface area contributed by atoms with Crippen molar-refractivity contribution in [3.05, 3.63) is 148 Å². The van der Waals surface area contributed by atoms with Crippen LogP contribution in [0.25, 0.3) is 16.7 Å². The van der Waals surface area contributed by atoms with E-state index in [1.165, 1.54) is 5.56 Å². The lowest BCUT2D eigenvalue weighted by molar-refractivity contribution is -0.494. The van der Waals surface area contributed by atoms with Gasteiger partial charge in [-0.15, -0.1) is 0 Å². The fourth-order valence-corrected chi connectivity index (χ4v) is 6.08. The summed E-state index contributed by atoms with van der Waals surface area (Å²) >= 11 is 0. The van der Waals surface area contributed by atoms with Crippen molar-refractivity contribution in [2.75, 3.05) is 6.54 Å². The Labute approximate surface area is 253 Å². The molecule has 43 heavy (non-hydrogen) atoms. The van der Waals surface area contributed by atoms with Crippen molar-refractivity contribution in [1.29, 1.82) is 0 Å². The van der Waals surface area contributed by atoms with Gasteiger partial charge in [-0.1, -0.05) is 98.8 Å². The van der Waals surface area contributed by atoms with E-state index in [2.05, 4.69) is 24.3 Å². The highest BCUT2D eigenvalue weighted by Crippen LogP contribution is 2.47. The van der Waals surface area contributed by atoms with E-state index in [1.807, 2.05) is 111 Å². The molecular weight excluding hydrogens is 534 g/mol. The molecule has 0 spiro atoms. The molecule has 0 unspecified atom stereocenters. The van der Waals surface area contributed by atoms with E-state index in [-0.39, 0.29) is 11.3 Å². The molecule has 1 heterocycles. The summed E-state index contributed by atoms with van der Waals surface area (Å²) in [6.07, 6.45) is -0.0905. The van der Waals surface area contributed by atoms with Gasteiger partial charge in [0, 0.05) is 23.7 Å². The quantitative estimate of drug-likeness (QED) is 0.0974. The van der Waals surface area contributed by atoms with E-state index in [0.717, 1.165) is 39.1 Å². The summed E-state index contributed by atoms with van der Waals surface area (Å²) in [7, 11) is 0. The molecule has 216 valence electrons. The van der Waals surface area contributed by atoms with Gasteiger partial charge in [-0.05, 0) is 59.9 Å². The van der Waals surface area contributed by atoms with Crippen molar-refractivity contribution < 1.29 is 24.0 Å². The normalized spacial score (nSPS) is 14.2. The molecule has 5 heteroatoms. The first-order chi connectivity index (χ1) is 20.8. The van der Waals surface area contributed by atoms with Gasteiger partial charge in [-0.3, -0.25) is 0 Å². The molecule has 4 aromatic carbocycles. The van der Waals surface area contributed by atoms with Crippen LogP contribution in [0.15, 0.2) is 120 Å². The molecule has 0 amide bonds. The summed E-state index contributed by atoms with van der Waals surface area (Å²) in [5, 5.41) is 14.4. The van der Waals surface area contributed by atoms with Gasteiger partial charge in [-0.25, -0.2) is 4.79 Å². The third-order valence-electron chi connectivity index (χ3n) is 7.72. The summed E-state index contributed by atoms with van der Waals surface area (Å²) in [6.45, 7) is 7.77. The molecule has 6 rings (SSSR count). The standard InChI is InChI=1S/C38H35NO4/c1-24(2)42-37(40)34(33-31-20-12-10-18-29(31)30-19-11-13-21-32(30)33)36(38(41)43-25(3)4)39-23-22-26-14-8-9-17-28(26)35(39)27-15-6-5-7-16-27/h5-21,24-25H,22-23H2,1-4H3/b38-36-. The smallest absolute Gasteiger partial charge is 0.345 e. The van der Waals surface area contributed by atoms with Crippen LogP contribution >= 0.6 is 0 Å². The molecular formula is C38H35NO4. The minimum Gasteiger partial charge on any atom is -0.606 e. The fourth-order valence-electron chi connectivity index (χ4n) is 6.08. The molecule has 5 nitrogen and oxygen atoms in total. The SMILES string of the molecule is CC(C)OC(=O)C(=C1c2ccccc2-c2ccccc21)/C(=C(\[O-])OC(C)C)[N+]1=C(c2ccccc2)c2ccccc2CC1. The van der Waals surface area contributed by atoms with Gasteiger partial charge in [0.05, 0.1) is 11.7 Å². The maximum Gasteiger partial charge on any atom is 0.345 e. The highest BCUT2D eigenvalue weighted by atomic mass is 16.6. The van der Waals surface area contributed by atoms with Crippen LogP contribution < -0.4 is 5.11 Å². The van der Waals surface area contributed by atoms with E-state index in [1.54, 1.807) is 0 Å². The summed E-state index contributed by atoms with van der Waals surface area (Å²) < 4.78 is 13.8. The fraction of sp³-hybridized carbons (Fsp3) is 0.211. The van der Waals surface area contributed by atoms with Gasteiger partial charge in [0.15, 0.2) is 6.54 Å². The summed E-state index contributed by atoms with van der Waals surface area (Å²) in [6, 6.07) is 34.3. The molecule has 0 atom stereocenters. The Morgan fingerprint density at radius 3 is 1.77 bits per heavy atom. The van der Waals surface area contributed by atoms with Gasteiger partial charge in [0.25, 0.3) is 0 Å². The Balaban J connectivity index is 1.77. The molecule has 0 aromatic heterocycles. The van der Waals surface area contributed by atoms with Crippen LogP contribution in [0.3, 0.4) is 0 Å². The van der Waals surface area contributed by atoms with E-state index in [0.29, 0.717) is 18.5 Å². The molecule has 1 aliphatic heterocycles. The Morgan fingerprint density at radius 1 is 0.674 bits per heavy atom. The first kappa shape index (κ1) is 28.2. The van der Waals surface area contributed by atoms with Gasteiger partial charge < -0.3 is 14.6 Å². The Kier molecular flexibility index (Phi) is 7.73. The van der Waals surface area contributed by atoms with Crippen molar-refractivity contribution in [2.24, 2.45) is 0 Å². The maximum atomic E-state index is 14.4. The van der Waals surface area contributed by atoms with Crippen LogP contribution in [0.4, 0.5) is 0 Å². The zero-order chi connectivity index (χ0) is 30.1. The van der Waals surface area contributed by atoms with E-state index < -0.39 is 24.1 Å². The predicted octanol–water partition coefficient (Wildman–Crippen LogP) is 6.48. The molecule has 2 aliphatic rings. The van der Waals surface area contributed by atoms with Crippen molar-refractivity contribution in [3.8, 4) is 11.1 Å². The number of rotatable bonds is 7. The number of carbonyl (C=O) groups excluding carboxylic acids is 1. The van der Waals surface area contributed by atoms with Crippen LogP contribution in [-0.2, 0) is 20.7 Å².